The number of anilines is 1. The van der Waals surface area contributed by atoms with Crippen LogP contribution in [-0.4, -0.2) is 58.5 Å². The van der Waals surface area contributed by atoms with Crippen molar-refractivity contribution in [2.45, 2.75) is 43.4 Å². The maximum absolute atomic E-state index is 12.5. The lowest BCUT2D eigenvalue weighted by Crippen LogP contribution is -2.46. The van der Waals surface area contributed by atoms with Crippen LogP contribution in [0.2, 0.25) is 0 Å². The highest BCUT2D eigenvalue weighted by Gasteiger charge is 2.40. The first-order chi connectivity index (χ1) is 14.3. The van der Waals surface area contributed by atoms with E-state index in [1.807, 2.05) is 18.2 Å². The number of hydrogen-bond donors (Lipinski definition) is 2. The lowest BCUT2D eigenvalue weighted by molar-refractivity contribution is -0.148. The largest absolute Gasteiger partial charge is 0.401 e. The third-order valence-electron chi connectivity index (χ3n) is 5.77. The van der Waals surface area contributed by atoms with Gasteiger partial charge in [-0.05, 0) is 50.0 Å². The molecule has 4 rings (SSSR count). The summed E-state index contributed by atoms with van der Waals surface area (Å²) < 4.78 is 39.2. The van der Waals surface area contributed by atoms with E-state index in [-0.39, 0.29) is 49.2 Å². The molecule has 12 heteroatoms. The van der Waals surface area contributed by atoms with Crippen molar-refractivity contribution in [3.05, 3.63) is 47.8 Å². The van der Waals surface area contributed by atoms with E-state index in [9.17, 15) is 18.0 Å². The van der Waals surface area contributed by atoms with Gasteiger partial charge in [-0.15, -0.1) is 37.2 Å². The molecule has 1 saturated carbocycles. The summed E-state index contributed by atoms with van der Waals surface area (Å²) in [5.41, 5.74) is 2.36. The smallest absolute Gasteiger partial charge is 0.319 e. The molecule has 6 nitrogen and oxygen atoms in total. The Morgan fingerprint density at radius 2 is 1.88 bits per heavy atom. The molecule has 2 atom stereocenters. The van der Waals surface area contributed by atoms with E-state index in [1.165, 1.54) is 4.90 Å². The Morgan fingerprint density at radius 1 is 1.18 bits per heavy atom. The normalized spacial score (nSPS) is 20.7. The summed E-state index contributed by atoms with van der Waals surface area (Å²) in [4.78, 5) is 14.0. The fraction of sp³-hybridized carbons (Fsp3) is 0.524. The van der Waals surface area contributed by atoms with Crippen molar-refractivity contribution >= 4 is 48.8 Å². The fourth-order valence-corrected chi connectivity index (χ4v) is 4.16. The number of nitrogens with one attached hydrogen (secondary N) is 2. The number of carbonyl (C=O) groups is 1. The minimum Gasteiger partial charge on any atom is -0.319 e. The predicted molar refractivity (Wildman–Crippen MR) is 129 cm³/mol. The van der Waals surface area contributed by atoms with Crippen LogP contribution in [0.3, 0.4) is 0 Å². The molecule has 1 aliphatic carbocycles. The molecule has 1 saturated heterocycles. The zero-order valence-corrected chi connectivity index (χ0v) is 20.5. The van der Waals surface area contributed by atoms with E-state index < -0.39 is 12.7 Å². The van der Waals surface area contributed by atoms with Crippen LogP contribution in [0.15, 0.2) is 36.7 Å². The van der Waals surface area contributed by atoms with Crippen LogP contribution in [0.4, 0.5) is 18.9 Å². The van der Waals surface area contributed by atoms with Gasteiger partial charge in [0, 0.05) is 36.8 Å². The van der Waals surface area contributed by atoms with Gasteiger partial charge in [-0.2, -0.15) is 18.3 Å². The Balaban J connectivity index is 0.00000181. The topological polar surface area (TPSA) is 62.2 Å². The maximum Gasteiger partial charge on any atom is 0.401 e. The number of carbonyl (C=O) groups excluding carboxylic acids is 1. The lowest BCUT2D eigenvalue weighted by atomic mass is 10.0. The molecule has 1 aromatic heterocycles. The minimum absolute atomic E-state index is 0. The molecular weight excluding hydrogens is 502 g/mol. The minimum atomic E-state index is -4.13. The molecule has 33 heavy (non-hydrogen) atoms. The molecular formula is C21H29Cl3F3N5O. The number of aryl methyl sites for hydroxylation is 1. The Hall–Kier alpha value is -1.52. The van der Waals surface area contributed by atoms with Gasteiger partial charge in [0.2, 0.25) is 0 Å². The molecule has 2 fully saturated rings. The summed E-state index contributed by atoms with van der Waals surface area (Å²) in [5, 5.41) is 10.5. The van der Waals surface area contributed by atoms with Crippen LogP contribution >= 0.6 is 37.2 Å². The summed E-state index contributed by atoms with van der Waals surface area (Å²) in [7, 11) is 1.79. The Morgan fingerprint density at radius 3 is 2.48 bits per heavy atom. The molecule has 1 aromatic carbocycles. The molecule has 1 aliphatic heterocycles. The monoisotopic (exact) mass is 529 g/mol. The third kappa shape index (κ3) is 8.33. The Labute approximate surface area is 209 Å². The first-order valence-electron chi connectivity index (χ1n) is 10.2. The SMILES string of the molecule is Cl.Cl.Cl.Cn1cc(NC(=O)c2cccc([C@@H]3C[C@H]3NC3CCN(CC(F)(F)F)CC3)c2)cn1. The summed E-state index contributed by atoms with van der Waals surface area (Å²) in [6.45, 7) is 0.122. The summed E-state index contributed by atoms with van der Waals surface area (Å²) in [6.07, 6.45) is 1.65. The van der Waals surface area contributed by atoms with E-state index in [0.717, 1.165) is 24.8 Å². The zero-order valence-electron chi connectivity index (χ0n) is 18.0. The average Bonchev–Trinajstić information content (AvgIpc) is 3.34. The summed E-state index contributed by atoms with van der Waals surface area (Å²) in [5.74, 6) is 0.163. The van der Waals surface area contributed by atoms with E-state index in [4.69, 9.17) is 0 Å². The number of likely N-dealkylation sites (tertiary alicyclic amines) is 1. The molecule has 2 aliphatic rings. The maximum atomic E-state index is 12.5. The van der Waals surface area contributed by atoms with Gasteiger partial charge in [0.25, 0.3) is 5.91 Å². The number of amides is 1. The second-order valence-corrected chi connectivity index (χ2v) is 8.26. The third-order valence-corrected chi connectivity index (χ3v) is 5.77. The van der Waals surface area contributed by atoms with Crippen LogP contribution in [0, 0.1) is 0 Å². The second-order valence-electron chi connectivity index (χ2n) is 8.26. The molecule has 0 unspecified atom stereocenters. The number of nitrogens with zero attached hydrogens (tertiary/aromatic N) is 3. The fourth-order valence-electron chi connectivity index (χ4n) is 4.16. The van der Waals surface area contributed by atoms with Crippen molar-refractivity contribution in [1.82, 2.24) is 20.0 Å². The quantitative estimate of drug-likeness (QED) is 0.581. The average molecular weight is 531 g/mol. The first kappa shape index (κ1) is 29.5. The van der Waals surface area contributed by atoms with Gasteiger partial charge in [-0.25, -0.2) is 0 Å². The molecule has 1 amide bonds. The predicted octanol–water partition coefficient (Wildman–Crippen LogP) is 4.41. The van der Waals surface area contributed by atoms with Crippen molar-refractivity contribution in [2.75, 3.05) is 25.0 Å². The number of alkyl halides is 3. The van der Waals surface area contributed by atoms with E-state index in [0.29, 0.717) is 36.3 Å². The van der Waals surface area contributed by atoms with Gasteiger partial charge in [0.1, 0.15) is 0 Å². The van der Waals surface area contributed by atoms with Crippen LogP contribution in [0.5, 0.6) is 0 Å². The van der Waals surface area contributed by atoms with Crippen molar-refractivity contribution < 1.29 is 18.0 Å². The standard InChI is InChI=1S/C21H26F3N5O.3ClH/c1-28-12-17(11-25-28)27-20(30)15-4-2-3-14(9-15)18-10-19(18)26-16-5-7-29(8-6-16)13-21(22,23)24;;;/h2-4,9,11-12,16,18-19,26H,5-8,10,13H2,1H3,(H,27,30);3*1H/t18-,19+;;;/m0.../s1. The van der Waals surface area contributed by atoms with Gasteiger partial charge >= 0.3 is 6.18 Å². The first-order valence-corrected chi connectivity index (χ1v) is 10.2. The molecule has 2 N–H and O–H groups in total. The number of hydrogen-bond acceptors (Lipinski definition) is 4. The Kier molecular flexibility index (Phi) is 11.0. The highest BCUT2D eigenvalue weighted by molar-refractivity contribution is 6.04. The van der Waals surface area contributed by atoms with Crippen molar-refractivity contribution in [3.63, 3.8) is 0 Å². The molecule has 0 bridgehead atoms. The molecule has 2 aromatic rings. The molecule has 0 spiro atoms. The number of rotatable bonds is 6. The Bertz CT molecular complexity index is 903. The van der Waals surface area contributed by atoms with E-state index in [2.05, 4.69) is 15.7 Å². The zero-order chi connectivity index (χ0) is 21.3. The molecule has 0 radical (unpaired) electrons. The van der Waals surface area contributed by atoms with Crippen LogP contribution in [0.25, 0.3) is 0 Å². The van der Waals surface area contributed by atoms with E-state index >= 15 is 0 Å². The van der Waals surface area contributed by atoms with E-state index in [1.54, 1.807) is 30.2 Å². The summed E-state index contributed by atoms with van der Waals surface area (Å²) in [6, 6.07) is 8.19. The number of aromatic nitrogens is 2. The van der Waals surface area contributed by atoms with Crippen molar-refractivity contribution in [1.29, 1.82) is 0 Å². The van der Waals surface area contributed by atoms with Gasteiger partial charge < -0.3 is 10.6 Å². The van der Waals surface area contributed by atoms with Crippen LogP contribution in [0.1, 0.15) is 41.1 Å². The second kappa shape index (κ2) is 12.3. The van der Waals surface area contributed by atoms with Crippen LogP contribution in [-0.2, 0) is 7.05 Å². The number of halogens is 6. The van der Waals surface area contributed by atoms with Gasteiger partial charge in [0.15, 0.2) is 0 Å². The molecule has 2 heterocycles. The molecule has 186 valence electrons. The lowest BCUT2D eigenvalue weighted by Gasteiger charge is -2.33. The highest BCUT2D eigenvalue weighted by Crippen LogP contribution is 2.41. The number of piperidine rings is 1. The summed E-state index contributed by atoms with van der Waals surface area (Å²) >= 11 is 0. The highest BCUT2D eigenvalue weighted by atomic mass is 35.5. The van der Waals surface area contributed by atoms with Gasteiger partial charge in [0.05, 0.1) is 18.4 Å². The van der Waals surface area contributed by atoms with Crippen LogP contribution < -0.4 is 10.6 Å². The van der Waals surface area contributed by atoms with Gasteiger partial charge in [-0.3, -0.25) is 14.4 Å². The number of benzene rings is 1. The van der Waals surface area contributed by atoms with Crippen molar-refractivity contribution in [2.24, 2.45) is 7.05 Å². The van der Waals surface area contributed by atoms with Crippen molar-refractivity contribution in [3.8, 4) is 0 Å². The van der Waals surface area contributed by atoms with Gasteiger partial charge in [-0.1, -0.05) is 12.1 Å².